The van der Waals surface area contributed by atoms with Crippen LogP contribution in [-0.2, 0) is 11.3 Å². The summed E-state index contributed by atoms with van der Waals surface area (Å²) in [6, 6.07) is 5.58. The Bertz CT molecular complexity index is 406. The van der Waals surface area contributed by atoms with E-state index in [-0.39, 0.29) is 12.1 Å². The van der Waals surface area contributed by atoms with Gasteiger partial charge in [-0.1, -0.05) is 35.3 Å². The molecule has 1 saturated heterocycles. The van der Waals surface area contributed by atoms with Gasteiger partial charge in [-0.25, -0.2) is 0 Å². The highest BCUT2D eigenvalue weighted by Crippen LogP contribution is 2.27. The summed E-state index contributed by atoms with van der Waals surface area (Å²) in [6.07, 6.45) is 1.61. The van der Waals surface area contributed by atoms with Gasteiger partial charge in [-0.3, -0.25) is 0 Å². The van der Waals surface area contributed by atoms with Crippen LogP contribution in [0.1, 0.15) is 18.4 Å². The topological polar surface area (TPSA) is 41.5 Å². The van der Waals surface area contributed by atoms with Crippen molar-refractivity contribution in [1.82, 2.24) is 5.32 Å². The number of halogens is 2. The Balaban J connectivity index is 2.03. The van der Waals surface area contributed by atoms with E-state index >= 15 is 0 Å². The van der Waals surface area contributed by atoms with Crippen molar-refractivity contribution in [3.05, 3.63) is 33.8 Å². The van der Waals surface area contributed by atoms with Gasteiger partial charge in [-0.15, -0.1) is 0 Å². The summed E-state index contributed by atoms with van der Waals surface area (Å²) in [6.45, 7) is 2.06. The molecule has 5 heteroatoms. The molecule has 2 rings (SSSR count). The Morgan fingerprint density at radius 1 is 1.28 bits per heavy atom. The van der Waals surface area contributed by atoms with Crippen molar-refractivity contribution >= 4 is 23.2 Å². The molecule has 1 fully saturated rings. The minimum Gasteiger partial charge on any atom is -0.394 e. The summed E-state index contributed by atoms with van der Waals surface area (Å²) in [7, 11) is 0. The van der Waals surface area contributed by atoms with Gasteiger partial charge in [0.05, 0.1) is 16.7 Å². The highest BCUT2D eigenvalue weighted by molar-refractivity contribution is 6.42. The molecule has 0 amide bonds. The fourth-order valence-electron chi connectivity index (χ4n) is 2.12. The number of hydrogen-bond acceptors (Lipinski definition) is 3. The van der Waals surface area contributed by atoms with E-state index < -0.39 is 0 Å². The maximum absolute atomic E-state index is 9.57. The SMILES string of the molecule is OCC1(NCc2cccc(Cl)c2Cl)CCOCC1. The van der Waals surface area contributed by atoms with Gasteiger partial charge in [0.15, 0.2) is 0 Å². The molecule has 1 heterocycles. The highest BCUT2D eigenvalue weighted by atomic mass is 35.5. The molecule has 0 aromatic heterocycles. The van der Waals surface area contributed by atoms with Crippen LogP contribution in [0.15, 0.2) is 18.2 Å². The molecule has 2 N–H and O–H groups in total. The lowest BCUT2D eigenvalue weighted by atomic mass is 9.90. The van der Waals surface area contributed by atoms with Gasteiger partial charge < -0.3 is 15.2 Å². The first-order valence-electron chi connectivity index (χ1n) is 6.03. The maximum atomic E-state index is 9.57. The van der Waals surface area contributed by atoms with Crippen molar-refractivity contribution in [2.24, 2.45) is 0 Å². The molecule has 1 aliphatic rings. The maximum Gasteiger partial charge on any atom is 0.0637 e. The van der Waals surface area contributed by atoms with Crippen LogP contribution >= 0.6 is 23.2 Å². The Kier molecular flexibility index (Phi) is 4.87. The Labute approximate surface area is 117 Å². The number of aliphatic hydroxyl groups excluding tert-OH is 1. The number of rotatable bonds is 4. The lowest BCUT2D eigenvalue weighted by Crippen LogP contribution is -2.51. The summed E-state index contributed by atoms with van der Waals surface area (Å²) in [4.78, 5) is 0. The molecule has 1 aromatic rings. The largest absolute Gasteiger partial charge is 0.394 e. The van der Waals surface area contributed by atoms with Gasteiger partial charge in [0.25, 0.3) is 0 Å². The first-order valence-corrected chi connectivity index (χ1v) is 6.79. The molecule has 0 radical (unpaired) electrons. The smallest absolute Gasteiger partial charge is 0.0637 e. The summed E-state index contributed by atoms with van der Waals surface area (Å²) >= 11 is 12.1. The first-order chi connectivity index (χ1) is 8.67. The Morgan fingerprint density at radius 3 is 2.67 bits per heavy atom. The first kappa shape index (κ1) is 14.1. The van der Waals surface area contributed by atoms with Crippen molar-refractivity contribution in [3.63, 3.8) is 0 Å². The molecule has 0 saturated carbocycles. The van der Waals surface area contributed by atoms with E-state index in [0.717, 1.165) is 18.4 Å². The average molecular weight is 290 g/mol. The third-order valence-electron chi connectivity index (χ3n) is 3.44. The summed E-state index contributed by atoms with van der Waals surface area (Å²) in [5, 5.41) is 14.1. The van der Waals surface area contributed by atoms with Crippen molar-refractivity contribution in [2.45, 2.75) is 24.9 Å². The summed E-state index contributed by atoms with van der Waals surface area (Å²) in [5.74, 6) is 0. The molecule has 18 heavy (non-hydrogen) atoms. The highest BCUT2D eigenvalue weighted by Gasteiger charge is 2.31. The molecule has 100 valence electrons. The van der Waals surface area contributed by atoms with Crippen LogP contribution < -0.4 is 5.32 Å². The van der Waals surface area contributed by atoms with Crippen LogP contribution in [0, 0.1) is 0 Å². The number of aliphatic hydroxyl groups is 1. The van der Waals surface area contributed by atoms with Gasteiger partial charge in [0, 0.05) is 25.3 Å². The predicted molar refractivity (Wildman–Crippen MR) is 73.2 cm³/mol. The molecule has 3 nitrogen and oxygen atoms in total. The quantitative estimate of drug-likeness (QED) is 0.895. The molecular formula is C13H17Cl2NO2. The lowest BCUT2D eigenvalue weighted by Gasteiger charge is -2.36. The second kappa shape index (κ2) is 6.22. The molecule has 0 atom stereocenters. The van der Waals surface area contributed by atoms with E-state index in [9.17, 15) is 5.11 Å². The van der Waals surface area contributed by atoms with Crippen molar-refractivity contribution in [3.8, 4) is 0 Å². The molecule has 0 spiro atoms. The summed E-state index contributed by atoms with van der Waals surface area (Å²) in [5.41, 5.74) is 0.688. The zero-order chi connectivity index (χ0) is 13.0. The van der Waals surface area contributed by atoms with Gasteiger partial charge in [0.2, 0.25) is 0 Å². The second-order valence-corrected chi connectivity index (χ2v) is 5.40. The minimum absolute atomic E-state index is 0.106. The van der Waals surface area contributed by atoms with Crippen LogP contribution in [-0.4, -0.2) is 30.5 Å². The zero-order valence-electron chi connectivity index (χ0n) is 10.1. The van der Waals surface area contributed by atoms with Gasteiger partial charge in [-0.2, -0.15) is 0 Å². The van der Waals surface area contributed by atoms with Gasteiger partial charge in [-0.05, 0) is 24.5 Å². The van der Waals surface area contributed by atoms with Gasteiger partial charge in [0.1, 0.15) is 0 Å². The average Bonchev–Trinajstić information content (AvgIpc) is 2.41. The third kappa shape index (κ3) is 3.16. The number of nitrogens with one attached hydrogen (secondary N) is 1. The molecule has 1 aliphatic heterocycles. The van der Waals surface area contributed by atoms with E-state index in [0.29, 0.717) is 29.8 Å². The van der Waals surface area contributed by atoms with Crippen LogP contribution in [0.25, 0.3) is 0 Å². The van der Waals surface area contributed by atoms with Gasteiger partial charge >= 0.3 is 0 Å². The van der Waals surface area contributed by atoms with Crippen LogP contribution in [0.3, 0.4) is 0 Å². The third-order valence-corrected chi connectivity index (χ3v) is 4.30. The van der Waals surface area contributed by atoms with E-state index in [1.54, 1.807) is 6.07 Å². The standard InChI is InChI=1S/C13H17Cl2NO2/c14-11-3-1-2-10(12(11)15)8-16-13(9-17)4-6-18-7-5-13/h1-3,16-17H,4-9H2. The summed E-state index contributed by atoms with van der Waals surface area (Å²) < 4.78 is 5.32. The molecule has 0 aliphatic carbocycles. The Hall–Kier alpha value is -0.320. The van der Waals surface area contributed by atoms with Crippen molar-refractivity contribution in [1.29, 1.82) is 0 Å². The number of hydrogen-bond donors (Lipinski definition) is 2. The lowest BCUT2D eigenvalue weighted by molar-refractivity contribution is 0.0112. The molecular weight excluding hydrogens is 273 g/mol. The van der Waals surface area contributed by atoms with Crippen LogP contribution in [0.4, 0.5) is 0 Å². The fourth-order valence-corrected chi connectivity index (χ4v) is 2.51. The van der Waals surface area contributed by atoms with E-state index in [1.165, 1.54) is 0 Å². The molecule has 0 bridgehead atoms. The number of benzene rings is 1. The number of ether oxygens (including phenoxy) is 1. The van der Waals surface area contributed by atoms with E-state index in [1.807, 2.05) is 12.1 Å². The van der Waals surface area contributed by atoms with Crippen LogP contribution in [0.2, 0.25) is 10.0 Å². The van der Waals surface area contributed by atoms with E-state index in [2.05, 4.69) is 5.32 Å². The monoisotopic (exact) mass is 289 g/mol. The molecule has 1 aromatic carbocycles. The zero-order valence-corrected chi connectivity index (χ0v) is 11.6. The van der Waals surface area contributed by atoms with Crippen molar-refractivity contribution < 1.29 is 9.84 Å². The normalized spacial score (nSPS) is 18.8. The van der Waals surface area contributed by atoms with Crippen LogP contribution in [0.5, 0.6) is 0 Å². The minimum atomic E-state index is -0.260. The second-order valence-electron chi connectivity index (χ2n) is 4.62. The fraction of sp³-hybridized carbons (Fsp3) is 0.538. The van der Waals surface area contributed by atoms with E-state index in [4.69, 9.17) is 27.9 Å². The molecule has 0 unspecified atom stereocenters. The van der Waals surface area contributed by atoms with Crippen molar-refractivity contribution in [2.75, 3.05) is 19.8 Å². The predicted octanol–water partition coefficient (Wildman–Crippen LogP) is 2.62. The Morgan fingerprint density at radius 2 is 2.00 bits per heavy atom.